The van der Waals surface area contributed by atoms with Gasteiger partial charge in [0.15, 0.2) is 0 Å². The Morgan fingerprint density at radius 1 is 1.22 bits per heavy atom. The minimum absolute atomic E-state index is 0.161. The van der Waals surface area contributed by atoms with Crippen LogP contribution >= 0.6 is 0 Å². The summed E-state index contributed by atoms with van der Waals surface area (Å²) in [6.45, 7) is 11.6. The topological polar surface area (TPSA) is 86.8 Å². The van der Waals surface area contributed by atoms with Crippen molar-refractivity contribution in [1.29, 1.82) is 0 Å². The van der Waals surface area contributed by atoms with Crippen molar-refractivity contribution in [1.82, 2.24) is 10.3 Å². The van der Waals surface area contributed by atoms with Gasteiger partial charge in [-0.25, -0.2) is 9.78 Å². The van der Waals surface area contributed by atoms with Crippen molar-refractivity contribution in [3.63, 3.8) is 0 Å². The van der Waals surface area contributed by atoms with Gasteiger partial charge in [0.05, 0.1) is 23.5 Å². The molecular formula is C19H27BN2O5. The van der Waals surface area contributed by atoms with Gasteiger partial charge in [-0.15, -0.1) is 0 Å². The number of pyridine rings is 1. The van der Waals surface area contributed by atoms with Crippen LogP contribution in [0.25, 0.3) is 6.08 Å². The van der Waals surface area contributed by atoms with Crippen molar-refractivity contribution >= 4 is 25.1 Å². The lowest BCUT2D eigenvalue weighted by Gasteiger charge is -2.32. The van der Waals surface area contributed by atoms with Gasteiger partial charge in [-0.2, -0.15) is 0 Å². The first kappa shape index (κ1) is 21.1. The number of amides is 1. The molecule has 0 bridgehead atoms. The zero-order valence-electron chi connectivity index (χ0n) is 16.8. The summed E-state index contributed by atoms with van der Waals surface area (Å²) in [7, 11) is -0.630. The van der Waals surface area contributed by atoms with Crippen LogP contribution < -0.4 is 5.32 Å². The van der Waals surface area contributed by atoms with Crippen LogP contribution in [0.1, 0.15) is 57.7 Å². The van der Waals surface area contributed by atoms with Crippen molar-refractivity contribution in [2.45, 2.75) is 52.7 Å². The number of rotatable bonds is 6. The van der Waals surface area contributed by atoms with Crippen LogP contribution in [0.15, 0.2) is 23.7 Å². The minimum Gasteiger partial charge on any atom is -0.461 e. The molecule has 1 fully saturated rings. The van der Waals surface area contributed by atoms with Crippen molar-refractivity contribution in [3.8, 4) is 0 Å². The summed E-state index contributed by atoms with van der Waals surface area (Å²) in [6, 6.07) is 5.09. The van der Waals surface area contributed by atoms with Crippen LogP contribution in [-0.2, 0) is 18.8 Å². The Hall–Kier alpha value is -2.19. The third-order valence-electron chi connectivity index (χ3n) is 4.69. The highest BCUT2D eigenvalue weighted by atomic mass is 16.7. The van der Waals surface area contributed by atoms with Gasteiger partial charge in [-0.3, -0.25) is 4.79 Å². The fourth-order valence-electron chi connectivity index (χ4n) is 2.46. The summed E-state index contributed by atoms with van der Waals surface area (Å²) in [6.07, 6.45) is 1.76. The molecule has 1 aliphatic rings. The Bertz CT molecular complexity index is 729. The number of ether oxygens (including phenoxy) is 1. The normalized spacial score (nSPS) is 18.3. The number of nitrogens with zero attached hydrogens (tertiary/aromatic N) is 1. The van der Waals surface area contributed by atoms with Gasteiger partial charge in [0.25, 0.3) is 0 Å². The maximum atomic E-state index is 11.9. The van der Waals surface area contributed by atoms with Crippen LogP contribution in [0, 0.1) is 0 Å². The largest absolute Gasteiger partial charge is 0.492 e. The number of esters is 1. The van der Waals surface area contributed by atoms with E-state index in [1.165, 1.54) is 6.92 Å². The zero-order chi connectivity index (χ0) is 20.2. The highest BCUT2D eigenvalue weighted by Gasteiger charge is 2.52. The van der Waals surface area contributed by atoms with E-state index < -0.39 is 24.3 Å². The van der Waals surface area contributed by atoms with Crippen molar-refractivity contribution in [2.24, 2.45) is 0 Å². The second kappa shape index (κ2) is 8.23. The third-order valence-corrected chi connectivity index (χ3v) is 4.69. The molecule has 0 aromatic carbocycles. The van der Waals surface area contributed by atoms with E-state index in [-0.39, 0.29) is 24.8 Å². The van der Waals surface area contributed by atoms with Crippen molar-refractivity contribution in [3.05, 3.63) is 35.1 Å². The second-order valence-electron chi connectivity index (χ2n) is 7.39. The van der Waals surface area contributed by atoms with Gasteiger partial charge in [0.2, 0.25) is 5.91 Å². The summed E-state index contributed by atoms with van der Waals surface area (Å²) >= 11 is 0. The average Bonchev–Trinajstić information content (AvgIpc) is 2.79. The molecule has 1 saturated heterocycles. The summed E-state index contributed by atoms with van der Waals surface area (Å²) in [5, 5.41) is 2.77. The molecule has 27 heavy (non-hydrogen) atoms. The summed E-state index contributed by atoms with van der Waals surface area (Å²) in [5.41, 5.74) is 0.465. The number of carbonyl (C=O) groups excluding carboxylic acids is 2. The van der Waals surface area contributed by atoms with Gasteiger partial charge < -0.3 is 19.4 Å². The van der Waals surface area contributed by atoms with E-state index in [0.717, 1.165) is 0 Å². The molecule has 0 radical (unpaired) electrons. The molecule has 0 saturated carbocycles. The Balaban J connectivity index is 2.33. The van der Waals surface area contributed by atoms with Crippen LogP contribution in [0.2, 0.25) is 0 Å². The Morgan fingerprint density at radius 2 is 1.85 bits per heavy atom. The smallest absolute Gasteiger partial charge is 0.461 e. The lowest BCUT2D eigenvalue weighted by molar-refractivity contribution is -0.118. The lowest BCUT2D eigenvalue weighted by Crippen LogP contribution is -2.41. The molecular weight excluding hydrogens is 347 g/mol. The van der Waals surface area contributed by atoms with Gasteiger partial charge >= 0.3 is 13.1 Å². The first-order valence-electron chi connectivity index (χ1n) is 9.00. The van der Waals surface area contributed by atoms with Crippen LogP contribution in [0.3, 0.4) is 0 Å². The van der Waals surface area contributed by atoms with Gasteiger partial charge in [-0.1, -0.05) is 6.07 Å². The molecule has 1 aromatic heterocycles. The van der Waals surface area contributed by atoms with E-state index >= 15 is 0 Å². The Labute approximate surface area is 160 Å². The first-order chi connectivity index (χ1) is 12.6. The summed E-state index contributed by atoms with van der Waals surface area (Å²) < 4.78 is 17.2. The molecule has 1 amide bonds. The number of nitrogens with one attached hydrogen (secondary N) is 1. The quantitative estimate of drug-likeness (QED) is 0.608. The standard InChI is InChI=1S/C19H27BN2O5/c1-7-25-17(24)16-10-8-9-15(22-16)11-14(12-21-13(2)23)20-26-18(3,4)19(5,6)27-20/h8-11H,7,12H2,1-6H3,(H,21,23). The average molecular weight is 374 g/mol. The van der Waals surface area contributed by atoms with Crippen molar-refractivity contribution < 1.29 is 23.6 Å². The third kappa shape index (κ3) is 5.17. The predicted octanol–water partition coefficient (Wildman–Crippen LogP) is 2.41. The number of hydrogen-bond donors (Lipinski definition) is 1. The molecule has 2 heterocycles. The molecule has 146 valence electrons. The van der Waals surface area contributed by atoms with Crippen molar-refractivity contribution in [2.75, 3.05) is 13.2 Å². The monoisotopic (exact) mass is 374 g/mol. The first-order valence-corrected chi connectivity index (χ1v) is 9.00. The molecule has 2 rings (SSSR count). The molecule has 0 unspecified atom stereocenters. The van der Waals surface area contributed by atoms with Gasteiger partial charge in [-0.05, 0) is 58.3 Å². The molecule has 8 heteroatoms. The Kier molecular flexibility index (Phi) is 6.44. The zero-order valence-corrected chi connectivity index (χ0v) is 16.8. The van der Waals surface area contributed by atoms with Crippen LogP contribution in [-0.4, -0.2) is 48.3 Å². The number of aromatic nitrogens is 1. The maximum Gasteiger partial charge on any atom is 0.492 e. The van der Waals surface area contributed by atoms with E-state index in [1.807, 2.05) is 27.7 Å². The summed E-state index contributed by atoms with van der Waals surface area (Å²) in [4.78, 5) is 27.6. The highest BCUT2D eigenvalue weighted by Crippen LogP contribution is 2.38. The summed E-state index contributed by atoms with van der Waals surface area (Å²) in [5.74, 6) is -0.641. The van der Waals surface area contributed by atoms with Crippen LogP contribution in [0.5, 0.6) is 0 Å². The fraction of sp³-hybridized carbons (Fsp3) is 0.526. The van der Waals surface area contributed by atoms with E-state index in [2.05, 4.69) is 10.3 Å². The lowest BCUT2D eigenvalue weighted by atomic mass is 9.77. The van der Waals surface area contributed by atoms with E-state index in [0.29, 0.717) is 11.2 Å². The van der Waals surface area contributed by atoms with E-state index in [1.54, 1.807) is 31.2 Å². The molecule has 1 N–H and O–H groups in total. The van der Waals surface area contributed by atoms with Gasteiger partial charge in [0.1, 0.15) is 5.69 Å². The van der Waals surface area contributed by atoms with E-state index in [4.69, 9.17) is 14.0 Å². The molecule has 0 spiro atoms. The fourth-order valence-corrected chi connectivity index (χ4v) is 2.46. The highest BCUT2D eigenvalue weighted by molar-refractivity contribution is 6.56. The minimum atomic E-state index is -0.630. The van der Waals surface area contributed by atoms with Crippen LogP contribution in [0.4, 0.5) is 0 Å². The van der Waals surface area contributed by atoms with E-state index in [9.17, 15) is 9.59 Å². The maximum absolute atomic E-state index is 11.9. The predicted molar refractivity (Wildman–Crippen MR) is 103 cm³/mol. The van der Waals surface area contributed by atoms with Gasteiger partial charge in [0, 0.05) is 13.5 Å². The number of carbonyl (C=O) groups is 2. The molecule has 1 aliphatic heterocycles. The molecule has 0 aliphatic carbocycles. The molecule has 0 atom stereocenters. The second-order valence-corrected chi connectivity index (χ2v) is 7.39. The number of hydrogen-bond acceptors (Lipinski definition) is 6. The molecule has 1 aromatic rings. The SMILES string of the molecule is CCOC(=O)c1cccc(C=C(CNC(C)=O)B2OC(C)(C)C(C)(C)O2)n1. The molecule has 7 nitrogen and oxygen atoms in total. The Morgan fingerprint density at radius 3 is 2.41 bits per heavy atom.